The first-order valence-electron chi connectivity index (χ1n) is 8.12. The normalized spacial score (nSPS) is 18.5. The summed E-state index contributed by atoms with van der Waals surface area (Å²) in [4.78, 5) is 43.0. The van der Waals surface area contributed by atoms with Crippen LogP contribution in [0.4, 0.5) is 23.7 Å². The molecule has 1 aliphatic rings. The Morgan fingerprint density at radius 3 is 2.59 bits per heavy atom. The van der Waals surface area contributed by atoms with Gasteiger partial charge >= 0.3 is 12.2 Å². The van der Waals surface area contributed by atoms with Crippen LogP contribution < -0.4 is 10.2 Å². The van der Waals surface area contributed by atoms with Crippen LogP contribution in [0.2, 0.25) is 0 Å². The van der Waals surface area contributed by atoms with E-state index in [4.69, 9.17) is 0 Å². The van der Waals surface area contributed by atoms with E-state index < -0.39 is 35.5 Å². The third kappa shape index (κ3) is 5.13. The van der Waals surface area contributed by atoms with Gasteiger partial charge in [-0.3, -0.25) is 19.9 Å². The monoisotopic (exact) mass is 384 g/mol. The molecule has 0 radical (unpaired) electrons. The predicted molar refractivity (Wildman–Crippen MR) is 92.5 cm³/mol. The van der Waals surface area contributed by atoms with Crippen molar-refractivity contribution in [2.75, 3.05) is 32.1 Å². The van der Waals surface area contributed by atoms with Crippen molar-refractivity contribution in [1.82, 2.24) is 10.2 Å². The highest BCUT2D eigenvalue weighted by Gasteiger charge is 2.41. The molecule has 1 saturated heterocycles. The van der Waals surface area contributed by atoms with Crippen molar-refractivity contribution in [1.29, 1.82) is 0 Å². The van der Waals surface area contributed by atoms with Crippen molar-refractivity contribution in [3.63, 3.8) is 0 Å². The van der Waals surface area contributed by atoms with E-state index in [1.54, 1.807) is 0 Å². The van der Waals surface area contributed by atoms with Crippen molar-refractivity contribution < 1.29 is 27.6 Å². The average molecular weight is 384 g/mol. The Morgan fingerprint density at radius 2 is 1.96 bits per heavy atom. The van der Waals surface area contributed by atoms with E-state index in [1.807, 2.05) is 24.3 Å². The minimum absolute atomic E-state index is 0.272. The Balaban J connectivity index is 2.20. The van der Waals surface area contributed by atoms with Crippen LogP contribution in [0.1, 0.15) is 12.0 Å². The molecule has 1 N–H and O–H groups in total. The lowest BCUT2D eigenvalue weighted by Crippen LogP contribution is -2.58. The van der Waals surface area contributed by atoms with Crippen molar-refractivity contribution >= 4 is 29.7 Å². The molecule has 1 unspecified atom stereocenters. The first kappa shape index (κ1) is 20.6. The Morgan fingerprint density at radius 1 is 1.26 bits per heavy atom. The maximum absolute atomic E-state index is 12.9. The number of benzene rings is 1. The van der Waals surface area contributed by atoms with Gasteiger partial charge in [0.25, 0.3) is 5.91 Å². The molecule has 0 aromatic heterocycles. The van der Waals surface area contributed by atoms with E-state index in [1.165, 1.54) is 6.07 Å². The molecule has 0 saturated carbocycles. The van der Waals surface area contributed by atoms with Crippen molar-refractivity contribution in [2.45, 2.75) is 12.6 Å². The number of carbonyl (C=O) groups is 3. The topological polar surface area (TPSA) is 82.1 Å². The fourth-order valence-electron chi connectivity index (χ4n) is 2.45. The summed E-state index contributed by atoms with van der Waals surface area (Å²) in [5.74, 6) is -3.18. The Hall–Kier alpha value is -2.75. The van der Waals surface area contributed by atoms with E-state index in [-0.39, 0.29) is 5.69 Å². The average Bonchev–Trinajstić information content (AvgIpc) is 2.56. The van der Waals surface area contributed by atoms with Gasteiger partial charge in [-0.05, 0) is 45.3 Å². The highest BCUT2D eigenvalue weighted by Crippen LogP contribution is 2.32. The molecular formula is C17H19F3N4O3. The lowest BCUT2D eigenvalue weighted by atomic mass is 10.1. The molecule has 1 atom stereocenters. The summed E-state index contributed by atoms with van der Waals surface area (Å²) in [6.45, 7) is 1.13. The largest absolute Gasteiger partial charge is 0.416 e. The third-order valence-electron chi connectivity index (χ3n) is 3.78. The van der Waals surface area contributed by atoms with E-state index in [0.29, 0.717) is 23.9 Å². The lowest BCUT2D eigenvalue weighted by molar-refractivity contribution is -0.138. The van der Waals surface area contributed by atoms with Crippen LogP contribution >= 0.6 is 0 Å². The molecule has 27 heavy (non-hydrogen) atoms. The minimum atomic E-state index is -4.63. The van der Waals surface area contributed by atoms with Gasteiger partial charge in [0.1, 0.15) is 0 Å². The Kier molecular flexibility index (Phi) is 6.32. The number of anilines is 1. The molecule has 1 aromatic carbocycles. The molecule has 1 aromatic rings. The number of urea groups is 1. The summed E-state index contributed by atoms with van der Waals surface area (Å²) in [6.07, 6.45) is -2.81. The fraction of sp³-hybridized carbons (Fsp3) is 0.412. The number of hydrogen-bond acceptors (Lipinski definition) is 5. The summed E-state index contributed by atoms with van der Waals surface area (Å²) in [5, 5.41) is 1.97. The number of aliphatic imine (C=N–C) groups is 1. The first-order valence-corrected chi connectivity index (χ1v) is 8.12. The molecule has 1 fully saturated rings. The summed E-state index contributed by atoms with van der Waals surface area (Å²) >= 11 is 0. The molecule has 146 valence electrons. The molecule has 0 spiro atoms. The van der Waals surface area contributed by atoms with Crippen LogP contribution in [0.25, 0.3) is 0 Å². The summed E-state index contributed by atoms with van der Waals surface area (Å²) in [5.41, 5.74) is -1.28. The number of nitrogens with zero attached hydrogens (tertiary/aromatic N) is 3. The smallest absolute Gasteiger partial charge is 0.309 e. The zero-order valence-electron chi connectivity index (χ0n) is 14.8. The Labute approximate surface area is 153 Å². The number of barbiturate groups is 1. The molecule has 7 nitrogen and oxygen atoms in total. The summed E-state index contributed by atoms with van der Waals surface area (Å²) < 4.78 is 38.6. The zero-order chi connectivity index (χ0) is 20.2. The van der Waals surface area contributed by atoms with Crippen LogP contribution in [-0.2, 0) is 15.8 Å². The fourth-order valence-corrected chi connectivity index (χ4v) is 2.45. The number of amides is 4. The number of imide groups is 2. The van der Waals surface area contributed by atoms with Gasteiger partial charge in [0.05, 0.1) is 11.3 Å². The van der Waals surface area contributed by atoms with E-state index in [2.05, 4.69) is 4.99 Å². The lowest BCUT2D eigenvalue weighted by Gasteiger charge is -2.28. The minimum Gasteiger partial charge on any atom is -0.309 e. The van der Waals surface area contributed by atoms with Crippen molar-refractivity contribution in [3.05, 3.63) is 29.8 Å². The van der Waals surface area contributed by atoms with Gasteiger partial charge in [0.15, 0.2) is 5.92 Å². The maximum atomic E-state index is 12.9. The van der Waals surface area contributed by atoms with Gasteiger partial charge in [-0.25, -0.2) is 9.69 Å². The second-order valence-corrected chi connectivity index (χ2v) is 6.21. The van der Waals surface area contributed by atoms with Gasteiger partial charge in [-0.2, -0.15) is 13.2 Å². The second kappa shape index (κ2) is 8.30. The number of halogens is 3. The van der Waals surface area contributed by atoms with Gasteiger partial charge < -0.3 is 4.90 Å². The van der Waals surface area contributed by atoms with Gasteiger partial charge in [-0.1, -0.05) is 6.07 Å². The number of alkyl halides is 3. The molecule has 0 aliphatic carbocycles. The summed E-state index contributed by atoms with van der Waals surface area (Å²) in [7, 11) is 3.78. The predicted octanol–water partition coefficient (Wildman–Crippen LogP) is 1.93. The highest BCUT2D eigenvalue weighted by molar-refractivity contribution is 6.32. The highest BCUT2D eigenvalue weighted by atomic mass is 19.4. The number of hydrogen-bond donors (Lipinski definition) is 1. The molecular weight excluding hydrogens is 365 g/mol. The van der Waals surface area contributed by atoms with Gasteiger partial charge in [0, 0.05) is 12.8 Å². The molecule has 4 amide bonds. The number of carbonyl (C=O) groups excluding carboxylic acids is 3. The Bertz CT molecular complexity index is 762. The molecule has 1 heterocycles. The van der Waals surface area contributed by atoms with Crippen molar-refractivity contribution in [2.24, 2.45) is 10.9 Å². The molecule has 0 bridgehead atoms. The van der Waals surface area contributed by atoms with E-state index in [0.717, 1.165) is 24.9 Å². The molecule has 10 heteroatoms. The number of nitrogens with one attached hydrogen (secondary N) is 1. The van der Waals surface area contributed by atoms with Crippen LogP contribution in [0.15, 0.2) is 29.3 Å². The van der Waals surface area contributed by atoms with Gasteiger partial charge in [-0.15, -0.1) is 0 Å². The number of rotatable bonds is 6. The first-order chi connectivity index (χ1) is 12.6. The molecule has 2 rings (SSSR count). The van der Waals surface area contributed by atoms with Crippen LogP contribution in [-0.4, -0.2) is 56.1 Å². The van der Waals surface area contributed by atoms with Crippen LogP contribution in [0.5, 0.6) is 0 Å². The maximum Gasteiger partial charge on any atom is 0.416 e. The van der Waals surface area contributed by atoms with E-state index >= 15 is 0 Å². The standard InChI is InChI=1S/C17H19F3N4O3/c1-23(2)8-4-7-21-10-13-14(25)22-16(27)24(15(13)26)12-6-3-5-11(9-12)17(18,19)20/h3,5-6,9-10,13H,4,7-8H2,1-2H3,(H,22,25,27). The zero-order valence-corrected chi connectivity index (χ0v) is 14.8. The molecule has 1 aliphatic heterocycles. The second-order valence-electron chi connectivity index (χ2n) is 6.21. The van der Waals surface area contributed by atoms with Crippen LogP contribution in [0.3, 0.4) is 0 Å². The van der Waals surface area contributed by atoms with Crippen molar-refractivity contribution in [3.8, 4) is 0 Å². The SMILES string of the molecule is CN(C)CCCN=CC1C(=O)NC(=O)N(c2cccc(C(F)(F)F)c2)C1=O. The van der Waals surface area contributed by atoms with Gasteiger partial charge in [0.2, 0.25) is 5.91 Å². The quantitative estimate of drug-likeness (QED) is 0.462. The third-order valence-corrected chi connectivity index (χ3v) is 3.78. The summed E-state index contributed by atoms with van der Waals surface area (Å²) in [6, 6.07) is 2.68. The van der Waals surface area contributed by atoms with Crippen LogP contribution in [0, 0.1) is 5.92 Å². The van der Waals surface area contributed by atoms with E-state index in [9.17, 15) is 27.6 Å².